The molecule has 8 heteroatoms. The van der Waals surface area contributed by atoms with Gasteiger partial charge in [-0.1, -0.05) is 29.4 Å². The summed E-state index contributed by atoms with van der Waals surface area (Å²) in [6.07, 6.45) is 3.48. The van der Waals surface area contributed by atoms with Gasteiger partial charge in [0.25, 0.3) is 5.91 Å². The lowest BCUT2D eigenvalue weighted by atomic mass is 10.1. The summed E-state index contributed by atoms with van der Waals surface area (Å²) in [4.78, 5) is 36.8. The SMILES string of the molecule is CC(=O)N1CCCN(Cc2ccccn2)CCCN(C(=O)c2c(C)noc2C)Cc2ccccc21. The van der Waals surface area contributed by atoms with Crippen LogP contribution in [0.4, 0.5) is 5.69 Å². The third-order valence-corrected chi connectivity index (χ3v) is 6.43. The van der Waals surface area contributed by atoms with Crippen molar-refractivity contribution in [3.63, 3.8) is 0 Å². The van der Waals surface area contributed by atoms with Gasteiger partial charge in [-0.2, -0.15) is 0 Å². The van der Waals surface area contributed by atoms with Gasteiger partial charge in [0.15, 0.2) is 0 Å². The van der Waals surface area contributed by atoms with E-state index in [1.165, 1.54) is 0 Å². The van der Waals surface area contributed by atoms with E-state index in [-0.39, 0.29) is 11.8 Å². The van der Waals surface area contributed by atoms with Crippen molar-refractivity contribution >= 4 is 17.5 Å². The minimum Gasteiger partial charge on any atom is -0.361 e. The third-order valence-electron chi connectivity index (χ3n) is 6.43. The summed E-state index contributed by atoms with van der Waals surface area (Å²) in [6, 6.07) is 13.8. The number of hydrogen-bond donors (Lipinski definition) is 0. The molecule has 4 rings (SSSR count). The van der Waals surface area contributed by atoms with Gasteiger partial charge >= 0.3 is 0 Å². The van der Waals surface area contributed by atoms with E-state index >= 15 is 0 Å². The van der Waals surface area contributed by atoms with Gasteiger partial charge in [-0.15, -0.1) is 0 Å². The Morgan fingerprint density at radius 1 is 0.971 bits per heavy atom. The van der Waals surface area contributed by atoms with E-state index in [0.717, 1.165) is 49.4 Å². The zero-order chi connectivity index (χ0) is 24.8. The molecule has 2 amide bonds. The third kappa shape index (κ3) is 5.95. The van der Waals surface area contributed by atoms with Crippen molar-refractivity contribution in [2.75, 3.05) is 31.1 Å². The highest BCUT2D eigenvalue weighted by Gasteiger charge is 2.26. The second kappa shape index (κ2) is 11.3. The van der Waals surface area contributed by atoms with Gasteiger partial charge in [0.1, 0.15) is 11.3 Å². The van der Waals surface area contributed by atoms with Crippen LogP contribution in [0, 0.1) is 13.8 Å². The zero-order valence-corrected chi connectivity index (χ0v) is 20.7. The number of carbonyl (C=O) groups excluding carboxylic acids is 2. The molecule has 8 nitrogen and oxygen atoms in total. The van der Waals surface area contributed by atoms with Crippen LogP contribution in [0.25, 0.3) is 0 Å². The van der Waals surface area contributed by atoms with Crippen molar-refractivity contribution in [3.8, 4) is 0 Å². The monoisotopic (exact) mass is 475 g/mol. The normalized spacial score (nSPS) is 15.7. The van der Waals surface area contributed by atoms with E-state index in [9.17, 15) is 9.59 Å². The first-order valence-corrected chi connectivity index (χ1v) is 12.1. The highest BCUT2D eigenvalue weighted by atomic mass is 16.5. The van der Waals surface area contributed by atoms with E-state index in [1.54, 1.807) is 20.8 Å². The highest BCUT2D eigenvalue weighted by Crippen LogP contribution is 2.25. The van der Waals surface area contributed by atoms with Crippen molar-refractivity contribution in [1.29, 1.82) is 0 Å². The molecule has 0 saturated heterocycles. The topological polar surface area (TPSA) is 82.8 Å². The summed E-state index contributed by atoms with van der Waals surface area (Å²) < 4.78 is 5.28. The number of benzene rings is 1. The van der Waals surface area contributed by atoms with Crippen molar-refractivity contribution in [2.24, 2.45) is 0 Å². The fourth-order valence-electron chi connectivity index (χ4n) is 4.69. The van der Waals surface area contributed by atoms with Crippen LogP contribution < -0.4 is 4.90 Å². The molecule has 0 spiro atoms. The standard InChI is InChI=1S/C27H33N5O3/c1-20-26(21(2)35-29-20)27(34)31-16-8-14-30(19-24-11-6-7-13-28-24)15-9-17-32(22(3)33)25-12-5-4-10-23(25)18-31/h4-7,10-13H,8-9,14-19H2,1-3H3. The Morgan fingerprint density at radius 3 is 2.40 bits per heavy atom. The number of aryl methyl sites for hydroxylation is 2. The molecule has 0 radical (unpaired) electrons. The van der Waals surface area contributed by atoms with Gasteiger partial charge in [-0.05, 0) is 50.5 Å². The van der Waals surface area contributed by atoms with Gasteiger partial charge in [-0.25, -0.2) is 0 Å². The molecule has 0 unspecified atom stereocenters. The van der Waals surface area contributed by atoms with Gasteiger partial charge in [0.05, 0.1) is 11.4 Å². The van der Waals surface area contributed by atoms with Gasteiger partial charge < -0.3 is 14.3 Å². The van der Waals surface area contributed by atoms with Crippen molar-refractivity contribution in [1.82, 2.24) is 19.9 Å². The molecule has 0 bridgehead atoms. The molecule has 184 valence electrons. The van der Waals surface area contributed by atoms with Crippen LogP contribution in [0.1, 0.15) is 52.8 Å². The number of anilines is 1. The van der Waals surface area contributed by atoms with Crippen LogP contribution >= 0.6 is 0 Å². The predicted molar refractivity (Wildman–Crippen MR) is 134 cm³/mol. The number of para-hydroxylation sites is 1. The number of rotatable bonds is 3. The molecule has 3 heterocycles. The predicted octanol–water partition coefficient (Wildman–Crippen LogP) is 3.98. The number of pyridine rings is 1. The first kappa shape index (κ1) is 24.6. The van der Waals surface area contributed by atoms with Crippen LogP contribution in [-0.2, 0) is 17.9 Å². The van der Waals surface area contributed by atoms with E-state index in [2.05, 4.69) is 15.0 Å². The summed E-state index contributed by atoms with van der Waals surface area (Å²) in [5.74, 6) is 0.419. The summed E-state index contributed by atoms with van der Waals surface area (Å²) >= 11 is 0. The number of amides is 2. The van der Waals surface area contributed by atoms with E-state index in [0.29, 0.717) is 36.7 Å². The molecular formula is C27H33N5O3. The number of carbonyl (C=O) groups is 2. The fraction of sp³-hybridized carbons (Fsp3) is 0.407. The van der Waals surface area contributed by atoms with E-state index in [4.69, 9.17) is 4.52 Å². The van der Waals surface area contributed by atoms with Crippen LogP contribution in [-0.4, -0.2) is 57.9 Å². The molecular weight excluding hydrogens is 442 g/mol. The number of aromatic nitrogens is 2. The Labute approximate surface area is 206 Å². The molecule has 2 aromatic heterocycles. The largest absolute Gasteiger partial charge is 0.361 e. The van der Waals surface area contributed by atoms with Crippen LogP contribution in [0.5, 0.6) is 0 Å². The smallest absolute Gasteiger partial charge is 0.259 e. The van der Waals surface area contributed by atoms with Gasteiger partial charge in [0.2, 0.25) is 5.91 Å². The second-order valence-electron chi connectivity index (χ2n) is 9.03. The molecule has 0 aliphatic carbocycles. The van der Waals surface area contributed by atoms with Crippen LogP contribution in [0.3, 0.4) is 0 Å². The number of fused-ring (bicyclic) bond motifs is 1. The molecule has 0 saturated carbocycles. The van der Waals surface area contributed by atoms with Gasteiger partial charge in [-0.3, -0.25) is 19.5 Å². The molecule has 35 heavy (non-hydrogen) atoms. The molecule has 0 fully saturated rings. The summed E-state index contributed by atoms with van der Waals surface area (Å²) in [5, 5.41) is 3.98. The Balaban J connectivity index is 1.65. The second-order valence-corrected chi connectivity index (χ2v) is 9.03. The molecule has 0 N–H and O–H groups in total. The maximum Gasteiger partial charge on any atom is 0.259 e. The molecule has 0 atom stereocenters. The lowest BCUT2D eigenvalue weighted by molar-refractivity contribution is -0.116. The zero-order valence-electron chi connectivity index (χ0n) is 20.7. The average Bonchev–Trinajstić information content (AvgIpc) is 3.18. The maximum absolute atomic E-state index is 13.6. The Kier molecular flexibility index (Phi) is 7.92. The number of nitrogens with zero attached hydrogens (tertiary/aromatic N) is 5. The minimum absolute atomic E-state index is 0.00520. The molecule has 1 aromatic carbocycles. The van der Waals surface area contributed by atoms with Gasteiger partial charge in [0, 0.05) is 58.1 Å². The van der Waals surface area contributed by atoms with E-state index in [1.807, 2.05) is 58.5 Å². The van der Waals surface area contributed by atoms with E-state index < -0.39 is 0 Å². The molecule has 3 aromatic rings. The lowest BCUT2D eigenvalue weighted by Crippen LogP contribution is -2.38. The molecule has 1 aliphatic rings. The first-order valence-electron chi connectivity index (χ1n) is 12.1. The summed E-state index contributed by atoms with van der Waals surface area (Å²) in [5.41, 5.74) is 3.93. The average molecular weight is 476 g/mol. The number of hydrogen-bond acceptors (Lipinski definition) is 6. The van der Waals surface area contributed by atoms with Crippen LogP contribution in [0.2, 0.25) is 0 Å². The minimum atomic E-state index is -0.0984. The Hall–Kier alpha value is -3.52. The lowest BCUT2D eigenvalue weighted by Gasteiger charge is -2.31. The fourth-order valence-corrected chi connectivity index (χ4v) is 4.69. The Bertz CT molecular complexity index is 1140. The molecule has 1 aliphatic heterocycles. The van der Waals surface area contributed by atoms with Crippen molar-refractivity contribution in [3.05, 3.63) is 76.9 Å². The first-order chi connectivity index (χ1) is 16.9. The van der Waals surface area contributed by atoms with Crippen LogP contribution in [0.15, 0.2) is 53.2 Å². The quantitative estimate of drug-likeness (QED) is 0.570. The maximum atomic E-state index is 13.6. The van der Waals surface area contributed by atoms with Crippen molar-refractivity contribution < 1.29 is 14.1 Å². The summed E-state index contributed by atoms with van der Waals surface area (Å²) in [6.45, 7) is 9.15. The highest BCUT2D eigenvalue weighted by molar-refractivity contribution is 5.96. The van der Waals surface area contributed by atoms with Crippen molar-refractivity contribution in [2.45, 2.75) is 46.7 Å². The Morgan fingerprint density at radius 2 is 1.71 bits per heavy atom. The summed E-state index contributed by atoms with van der Waals surface area (Å²) in [7, 11) is 0.